The van der Waals surface area contributed by atoms with Gasteiger partial charge in [-0.15, -0.1) is 11.8 Å². The summed E-state index contributed by atoms with van der Waals surface area (Å²) in [5.41, 5.74) is 6.44. The van der Waals surface area contributed by atoms with Gasteiger partial charge in [0.15, 0.2) is 11.6 Å². The number of aromatic nitrogens is 2. The van der Waals surface area contributed by atoms with Crippen LogP contribution in [-0.2, 0) is 0 Å². The molecule has 0 aromatic carbocycles. The van der Waals surface area contributed by atoms with Gasteiger partial charge >= 0.3 is 0 Å². The largest absolute Gasteiger partial charge is 0.479 e. The van der Waals surface area contributed by atoms with Crippen LogP contribution in [0.1, 0.15) is 43.8 Å². The molecule has 0 spiro atoms. The van der Waals surface area contributed by atoms with Crippen LogP contribution in [0.4, 0.5) is 11.6 Å². The van der Waals surface area contributed by atoms with E-state index in [0.29, 0.717) is 38.2 Å². The monoisotopic (exact) mass is 524 g/mol. The van der Waals surface area contributed by atoms with E-state index in [1.54, 1.807) is 25.3 Å². The van der Waals surface area contributed by atoms with Crippen molar-refractivity contribution in [1.82, 2.24) is 9.55 Å². The maximum Gasteiger partial charge on any atom is 0.258 e. The number of halogens is 1. The minimum absolute atomic E-state index is 0.245. The highest BCUT2D eigenvalue weighted by Gasteiger charge is 2.16. The summed E-state index contributed by atoms with van der Waals surface area (Å²) in [4.78, 5) is 22.3. The van der Waals surface area contributed by atoms with E-state index < -0.39 is 0 Å². The molecular formula is C21H25IN4O2S. The van der Waals surface area contributed by atoms with Crippen molar-refractivity contribution in [3.8, 4) is 5.75 Å². The Labute approximate surface area is 188 Å². The molecular weight excluding hydrogens is 499 g/mol. The second-order valence-corrected chi connectivity index (χ2v) is 9.00. The van der Waals surface area contributed by atoms with Crippen molar-refractivity contribution >= 4 is 51.9 Å². The predicted molar refractivity (Wildman–Crippen MR) is 126 cm³/mol. The van der Waals surface area contributed by atoms with E-state index in [-0.39, 0.29) is 5.91 Å². The van der Waals surface area contributed by atoms with Gasteiger partial charge in [0.1, 0.15) is 10.4 Å². The molecule has 0 atom stereocenters. The normalized spacial score (nSPS) is 15.3. The highest BCUT2D eigenvalue weighted by atomic mass is 127. The third kappa shape index (κ3) is 5.85. The number of alkyl halides is 1. The SMILES string of the molecule is C=C(C)C(=O)n1ccc(=Nc2ncc(SC3CCCCC3)cc2OCI)cc1N. The van der Waals surface area contributed by atoms with Crippen molar-refractivity contribution in [3.63, 3.8) is 0 Å². The summed E-state index contributed by atoms with van der Waals surface area (Å²) < 4.78 is 7.63. The number of thioether (sulfide) groups is 1. The molecule has 1 saturated carbocycles. The zero-order chi connectivity index (χ0) is 20.8. The van der Waals surface area contributed by atoms with Crippen LogP contribution in [0.15, 0.2) is 52.6 Å². The number of rotatable bonds is 6. The van der Waals surface area contributed by atoms with Crippen LogP contribution in [0.25, 0.3) is 0 Å². The van der Waals surface area contributed by atoms with Crippen molar-refractivity contribution in [2.24, 2.45) is 4.99 Å². The third-order valence-electron chi connectivity index (χ3n) is 4.66. The van der Waals surface area contributed by atoms with Gasteiger partial charge in [-0.25, -0.2) is 9.98 Å². The van der Waals surface area contributed by atoms with Gasteiger partial charge in [0.25, 0.3) is 5.91 Å². The van der Waals surface area contributed by atoms with E-state index >= 15 is 0 Å². The number of nitrogen functional groups attached to an aromatic ring is 1. The summed E-state index contributed by atoms with van der Waals surface area (Å²) in [5.74, 6) is 1.19. The molecule has 2 heterocycles. The van der Waals surface area contributed by atoms with Crippen molar-refractivity contribution in [2.45, 2.75) is 49.2 Å². The number of nitrogens with zero attached hydrogens (tertiary/aromatic N) is 3. The van der Waals surface area contributed by atoms with Crippen LogP contribution < -0.4 is 15.8 Å². The van der Waals surface area contributed by atoms with Gasteiger partial charge in [-0.2, -0.15) is 0 Å². The van der Waals surface area contributed by atoms with E-state index in [0.717, 1.165) is 4.90 Å². The van der Waals surface area contributed by atoms with Gasteiger partial charge in [0.2, 0.25) is 0 Å². The van der Waals surface area contributed by atoms with Gasteiger partial charge in [0.05, 0.1) is 5.36 Å². The number of carbonyl (C=O) groups excluding carboxylic acids is 1. The fourth-order valence-corrected chi connectivity index (χ4v) is 4.77. The first-order chi connectivity index (χ1) is 14.0. The number of carbonyl (C=O) groups is 1. The summed E-state index contributed by atoms with van der Waals surface area (Å²) in [6.45, 7) is 5.32. The Bertz CT molecular complexity index is 967. The standard InChI is InChI=1S/C21H25IN4O2S/c1-14(2)21(27)26-9-8-15(10-19(26)23)25-20-18(28-13-22)11-17(12-24-20)29-16-6-4-3-5-7-16/h8-12,16H,1,3-7,13,23H2,2H3. The van der Waals surface area contributed by atoms with Crippen LogP contribution in [0.2, 0.25) is 0 Å². The number of anilines is 1. The molecule has 1 aliphatic rings. The zero-order valence-electron chi connectivity index (χ0n) is 16.4. The van der Waals surface area contributed by atoms with E-state index in [1.807, 2.05) is 24.0 Å². The lowest BCUT2D eigenvalue weighted by Gasteiger charge is -2.21. The van der Waals surface area contributed by atoms with E-state index in [4.69, 9.17) is 10.5 Å². The quantitative estimate of drug-likeness (QED) is 0.323. The lowest BCUT2D eigenvalue weighted by molar-refractivity contribution is 0.0957. The smallest absolute Gasteiger partial charge is 0.258 e. The molecule has 154 valence electrons. The number of ether oxygens (including phenoxy) is 1. The molecule has 0 amide bonds. The first-order valence-corrected chi connectivity index (χ1v) is 12.0. The third-order valence-corrected chi connectivity index (χ3v) is 6.27. The molecule has 0 unspecified atom stereocenters. The van der Waals surface area contributed by atoms with E-state index in [9.17, 15) is 4.79 Å². The molecule has 0 bridgehead atoms. The van der Waals surface area contributed by atoms with Crippen molar-refractivity contribution < 1.29 is 9.53 Å². The summed E-state index contributed by atoms with van der Waals surface area (Å²) >= 11 is 4.04. The number of nitrogens with two attached hydrogens (primary N) is 1. The molecule has 6 nitrogen and oxygen atoms in total. The highest BCUT2D eigenvalue weighted by molar-refractivity contribution is 14.1. The van der Waals surface area contributed by atoms with Gasteiger partial charge < -0.3 is 10.5 Å². The number of hydrogen-bond donors (Lipinski definition) is 1. The van der Waals surface area contributed by atoms with Crippen LogP contribution >= 0.6 is 34.4 Å². The van der Waals surface area contributed by atoms with Gasteiger partial charge in [-0.1, -0.05) is 25.8 Å². The molecule has 0 aliphatic heterocycles. The van der Waals surface area contributed by atoms with Gasteiger partial charge in [0, 0.05) is 34.2 Å². The maximum atomic E-state index is 12.1. The van der Waals surface area contributed by atoms with Crippen molar-refractivity contribution in [3.05, 3.63) is 48.1 Å². The van der Waals surface area contributed by atoms with Crippen LogP contribution in [-0.4, -0.2) is 25.3 Å². The highest BCUT2D eigenvalue weighted by Crippen LogP contribution is 2.36. The summed E-state index contributed by atoms with van der Waals surface area (Å²) in [7, 11) is 0. The number of hydrogen-bond acceptors (Lipinski definition) is 6. The lowest BCUT2D eigenvalue weighted by Crippen LogP contribution is -2.18. The molecule has 3 rings (SSSR count). The number of allylic oxidation sites excluding steroid dienone is 1. The molecule has 2 aromatic rings. The first kappa shape index (κ1) is 21.9. The Hall–Kier alpha value is -1.81. The Morgan fingerprint density at radius 1 is 1.41 bits per heavy atom. The minimum atomic E-state index is -0.245. The molecule has 0 radical (unpaired) electrons. The van der Waals surface area contributed by atoms with Gasteiger partial charge in [-0.3, -0.25) is 9.36 Å². The van der Waals surface area contributed by atoms with Crippen molar-refractivity contribution in [1.29, 1.82) is 0 Å². The molecule has 2 N–H and O–H groups in total. The van der Waals surface area contributed by atoms with E-state index in [1.165, 1.54) is 36.7 Å². The molecule has 0 saturated heterocycles. The molecule has 1 aliphatic carbocycles. The second kappa shape index (κ2) is 10.3. The zero-order valence-corrected chi connectivity index (χ0v) is 19.4. The Morgan fingerprint density at radius 3 is 2.83 bits per heavy atom. The fourth-order valence-electron chi connectivity index (χ4n) is 3.20. The topological polar surface area (TPSA) is 82.5 Å². The predicted octanol–water partition coefficient (Wildman–Crippen LogP) is 5.11. The Morgan fingerprint density at radius 2 is 2.17 bits per heavy atom. The Balaban J connectivity index is 1.88. The average molecular weight is 524 g/mol. The van der Waals surface area contributed by atoms with Gasteiger partial charge in [-0.05, 0) is 54.5 Å². The Kier molecular flexibility index (Phi) is 7.77. The van der Waals surface area contributed by atoms with E-state index in [2.05, 4.69) is 39.1 Å². The van der Waals surface area contributed by atoms with Crippen LogP contribution in [0.3, 0.4) is 0 Å². The average Bonchev–Trinajstić information content (AvgIpc) is 2.70. The summed E-state index contributed by atoms with van der Waals surface area (Å²) in [5, 5.41) is 1.25. The summed E-state index contributed by atoms with van der Waals surface area (Å²) in [6.07, 6.45) is 9.91. The molecule has 2 aromatic heterocycles. The molecule has 29 heavy (non-hydrogen) atoms. The second-order valence-electron chi connectivity index (χ2n) is 7.00. The number of pyridine rings is 2. The summed E-state index contributed by atoms with van der Waals surface area (Å²) in [6, 6.07) is 5.37. The minimum Gasteiger partial charge on any atom is -0.479 e. The van der Waals surface area contributed by atoms with Crippen LogP contribution in [0, 0.1) is 0 Å². The van der Waals surface area contributed by atoms with Crippen LogP contribution in [0.5, 0.6) is 5.75 Å². The maximum absolute atomic E-state index is 12.1. The molecule has 1 fully saturated rings. The first-order valence-electron chi connectivity index (χ1n) is 9.56. The van der Waals surface area contributed by atoms with Crippen molar-refractivity contribution in [2.75, 3.05) is 10.3 Å². The fraction of sp³-hybridized carbons (Fsp3) is 0.381. The lowest BCUT2D eigenvalue weighted by atomic mass is 10.0. The molecule has 8 heteroatoms.